The number of rotatable bonds is 1. The number of terminal acetylenes is 1. The number of pyridine rings is 1. The Balaban J connectivity index is 2.88. The van der Waals surface area contributed by atoms with Gasteiger partial charge in [0.25, 0.3) is 0 Å². The van der Waals surface area contributed by atoms with Gasteiger partial charge in [0.05, 0.1) is 0 Å². The quantitative estimate of drug-likeness (QED) is 0.609. The van der Waals surface area contributed by atoms with Gasteiger partial charge in [0.2, 0.25) is 0 Å². The number of nitrogens with zero attached hydrogens (tertiary/aromatic N) is 1. The molecule has 0 bridgehead atoms. The average molecular weight is 162 g/mol. The first-order valence-electron chi connectivity index (χ1n) is 3.16. The predicted molar refractivity (Wildman–Crippen MR) is 43.8 cm³/mol. The molecule has 1 aromatic heterocycles. The molecule has 1 heterocycles. The maximum Gasteiger partial charge on any atom is 0.410 e. The summed E-state index contributed by atoms with van der Waals surface area (Å²) in [6, 6.07) is 4.77. The van der Waals surface area contributed by atoms with E-state index in [0.717, 1.165) is 0 Å². The van der Waals surface area contributed by atoms with Crippen molar-refractivity contribution in [1.82, 2.24) is 4.98 Å². The van der Waals surface area contributed by atoms with Gasteiger partial charge in [0, 0.05) is 0 Å². The highest BCUT2D eigenvalue weighted by Gasteiger charge is 1.98. The molecule has 0 saturated heterocycles. The lowest BCUT2D eigenvalue weighted by atomic mass is 10.3. The van der Waals surface area contributed by atoms with Gasteiger partial charge >= 0.3 is 6.09 Å². The van der Waals surface area contributed by atoms with Gasteiger partial charge in [-0.25, -0.2) is 9.78 Å². The monoisotopic (exact) mass is 162 g/mol. The highest BCUT2D eigenvalue weighted by atomic mass is 16.4. The van der Waals surface area contributed by atoms with Crippen molar-refractivity contribution in [2.75, 3.05) is 5.32 Å². The van der Waals surface area contributed by atoms with Gasteiger partial charge in [-0.2, -0.15) is 0 Å². The fraction of sp³-hybridized carbons (Fsp3) is 0. The Kier molecular flexibility index (Phi) is 2.29. The zero-order valence-electron chi connectivity index (χ0n) is 6.11. The zero-order valence-corrected chi connectivity index (χ0v) is 6.11. The number of hydrogen-bond acceptors (Lipinski definition) is 2. The molecule has 4 nitrogen and oxygen atoms in total. The third kappa shape index (κ3) is 1.99. The molecule has 0 unspecified atom stereocenters. The molecule has 0 saturated carbocycles. The summed E-state index contributed by atoms with van der Waals surface area (Å²) in [5, 5.41) is 10.4. The molecule has 1 aromatic rings. The number of carbonyl (C=O) groups is 1. The summed E-state index contributed by atoms with van der Waals surface area (Å²) in [6.45, 7) is 0. The minimum atomic E-state index is -1.16. The largest absolute Gasteiger partial charge is 0.465 e. The second kappa shape index (κ2) is 3.39. The van der Waals surface area contributed by atoms with E-state index < -0.39 is 6.09 Å². The number of nitrogens with one attached hydrogen (secondary N) is 1. The van der Waals surface area contributed by atoms with E-state index in [1.807, 2.05) is 0 Å². The van der Waals surface area contributed by atoms with E-state index in [2.05, 4.69) is 16.2 Å². The normalized spacial score (nSPS) is 8.58. The molecule has 0 spiro atoms. The molecule has 0 aromatic carbocycles. The van der Waals surface area contributed by atoms with E-state index >= 15 is 0 Å². The maximum atomic E-state index is 10.2. The smallest absolute Gasteiger partial charge is 0.410 e. The van der Waals surface area contributed by atoms with Gasteiger partial charge in [-0.15, -0.1) is 6.42 Å². The van der Waals surface area contributed by atoms with Crippen LogP contribution >= 0.6 is 0 Å². The molecule has 0 fully saturated rings. The molecular formula is C8H6N2O2. The lowest BCUT2D eigenvalue weighted by Crippen LogP contribution is -2.08. The molecule has 0 aliphatic rings. The molecule has 0 aliphatic carbocycles. The van der Waals surface area contributed by atoms with Crippen LogP contribution in [-0.2, 0) is 0 Å². The molecule has 4 heteroatoms. The summed E-state index contributed by atoms with van der Waals surface area (Å²) in [5.74, 6) is 2.53. The van der Waals surface area contributed by atoms with Crippen LogP contribution in [0.2, 0.25) is 0 Å². The minimum Gasteiger partial charge on any atom is -0.465 e. The number of amides is 1. The summed E-state index contributed by atoms with van der Waals surface area (Å²) >= 11 is 0. The Bertz CT molecular complexity index is 341. The zero-order chi connectivity index (χ0) is 8.97. The van der Waals surface area contributed by atoms with E-state index in [4.69, 9.17) is 11.5 Å². The molecule has 0 atom stereocenters. The van der Waals surface area contributed by atoms with Crippen molar-refractivity contribution >= 4 is 11.9 Å². The van der Waals surface area contributed by atoms with Crippen LogP contribution in [0.4, 0.5) is 10.6 Å². The molecule has 1 amide bonds. The van der Waals surface area contributed by atoms with Gasteiger partial charge in [-0.1, -0.05) is 12.0 Å². The summed E-state index contributed by atoms with van der Waals surface area (Å²) in [4.78, 5) is 14.0. The second-order valence-corrected chi connectivity index (χ2v) is 1.98. The molecule has 0 radical (unpaired) electrons. The Morgan fingerprint density at radius 2 is 2.42 bits per heavy atom. The molecule has 2 N–H and O–H groups in total. The van der Waals surface area contributed by atoms with Crippen molar-refractivity contribution in [2.45, 2.75) is 0 Å². The maximum absolute atomic E-state index is 10.2. The minimum absolute atomic E-state index is 0.234. The molecular weight excluding hydrogens is 156 g/mol. The third-order valence-corrected chi connectivity index (χ3v) is 1.13. The number of hydrogen-bond donors (Lipinski definition) is 2. The van der Waals surface area contributed by atoms with Crippen molar-refractivity contribution in [1.29, 1.82) is 0 Å². The van der Waals surface area contributed by atoms with Gasteiger partial charge < -0.3 is 5.11 Å². The van der Waals surface area contributed by atoms with Gasteiger partial charge in [0.15, 0.2) is 0 Å². The van der Waals surface area contributed by atoms with E-state index in [-0.39, 0.29) is 5.82 Å². The van der Waals surface area contributed by atoms with Crippen molar-refractivity contribution in [3.05, 3.63) is 23.9 Å². The van der Waals surface area contributed by atoms with Crippen LogP contribution in [0.15, 0.2) is 18.2 Å². The SMILES string of the molecule is C#Cc1cccc(NC(=O)O)n1. The van der Waals surface area contributed by atoms with Crippen molar-refractivity contribution < 1.29 is 9.90 Å². The molecule has 12 heavy (non-hydrogen) atoms. The van der Waals surface area contributed by atoms with Crippen LogP contribution in [0, 0.1) is 12.3 Å². The van der Waals surface area contributed by atoms with E-state index in [9.17, 15) is 4.79 Å². The fourth-order valence-corrected chi connectivity index (χ4v) is 0.694. The Morgan fingerprint density at radius 1 is 1.67 bits per heavy atom. The van der Waals surface area contributed by atoms with Crippen LogP contribution in [-0.4, -0.2) is 16.2 Å². The predicted octanol–water partition coefficient (Wildman–Crippen LogP) is 1.15. The number of aromatic nitrogens is 1. The lowest BCUT2D eigenvalue weighted by Gasteiger charge is -1.98. The summed E-state index contributed by atoms with van der Waals surface area (Å²) in [7, 11) is 0. The van der Waals surface area contributed by atoms with E-state index in [0.29, 0.717) is 5.69 Å². The first kappa shape index (κ1) is 8.08. The van der Waals surface area contributed by atoms with Crippen LogP contribution in [0.5, 0.6) is 0 Å². The van der Waals surface area contributed by atoms with E-state index in [1.165, 1.54) is 6.07 Å². The first-order valence-corrected chi connectivity index (χ1v) is 3.16. The van der Waals surface area contributed by atoms with Gasteiger partial charge in [0.1, 0.15) is 11.5 Å². The van der Waals surface area contributed by atoms with Gasteiger partial charge in [-0.3, -0.25) is 5.32 Å². The average Bonchev–Trinajstić information content (AvgIpc) is 2.03. The molecule has 1 rings (SSSR count). The highest BCUT2D eigenvalue weighted by molar-refractivity contribution is 5.81. The molecule has 0 aliphatic heterocycles. The van der Waals surface area contributed by atoms with E-state index in [1.54, 1.807) is 12.1 Å². The van der Waals surface area contributed by atoms with Gasteiger partial charge in [-0.05, 0) is 12.1 Å². The van der Waals surface area contributed by atoms with Crippen molar-refractivity contribution in [3.8, 4) is 12.3 Å². The number of carboxylic acid groups (broad SMARTS) is 1. The summed E-state index contributed by atoms with van der Waals surface area (Å²) < 4.78 is 0. The second-order valence-electron chi connectivity index (χ2n) is 1.98. The summed E-state index contributed by atoms with van der Waals surface area (Å²) in [5.41, 5.74) is 0.404. The van der Waals surface area contributed by atoms with Crippen LogP contribution < -0.4 is 5.32 Å². The number of anilines is 1. The fourth-order valence-electron chi connectivity index (χ4n) is 0.694. The highest BCUT2D eigenvalue weighted by Crippen LogP contribution is 2.02. The first-order chi connectivity index (χ1) is 5.72. The summed E-state index contributed by atoms with van der Waals surface area (Å²) in [6.07, 6.45) is 3.91. The standard InChI is InChI=1S/C8H6N2O2/c1-2-6-4-3-5-7(9-6)10-8(11)12/h1,3-5H,(H,9,10)(H,11,12). The topological polar surface area (TPSA) is 62.2 Å². The Labute approximate surface area is 69.3 Å². The molecule has 60 valence electrons. The van der Waals surface area contributed by atoms with Crippen LogP contribution in [0.1, 0.15) is 5.69 Å². The third-order valence-electron chi connectivity index (χ3n) is 1.13. The van der Waals surface area contributed by atoms with Crippen molar-refractivity contribution in [3.63, 3.8) is 0 Å². The van der Waals surface area contributed by atoms with Crippen LogP contribution in [0.25, 0.3) is 0 Å². The van der Waals surface area contributed by atoms with Crippen LogP contribution in [0.3, 0.4) is 0 Å². The Morgan fingerprint density at radius 3 is 3.00 bits per heavy atom. The Hall–Kier alpha value is -2.02. The van der Waals surface area contributed by atoms with Crippen molar-refractivity contribution in [2.24, 2.45) is 0 Å². The lowest BCUT2D eigenvalue weighted by molar-refractivity contribution is 0.209.